The number of benzene rings is 1. The molecule has 0 aliphatic carbocycles. The zero-order valence-electron chi connectivity index (χ0n) is 7.54. The molecule has 0 radical (unpaired) electrons. The molecule has 1 aromatic rings. The Bertz CT molecular complexity index is 349. The average molecular weight is 212 g/mol. The molecule has 1 aliphatic heterocycles. The van der Waals surface area contributed by atoms with Crippen LogP contribution in [0.1, 0.15) is 11.7 Å². The third-order valence-corrected chi connectivity index (χ3v) is 2.90. The number of hydrogen-bond donors (Lipinski definition) is 0. The quantitative estimate of drug-likeness (QED) is 0.544. The minimum atomic E-state index is -1.90. The van der Waals surface area contributed by atoms with Crippen LogP contribution in [0.2, 0.25) is 0 Å². The van der Waals surface area contributed by atoms with E-state index >= 15 is 0 Å². The molecular formula is C9H9O4P. The van der Waals surface area contributed by atoms with Gasteiger partial charge < -0.3 is 4.89 Å². The van der Waals surface area contributed by atoms with Gasteiger partial charge in [0, 0.05) is 0 Å². The van der Waals surface area contributed by atoms with Gasteiger partial charge in [0.15, 0.2) is 0 Å². The molecular weight excluding hydrogens is 203 g/mol. The van der Waals surface area contributed by atoms with Crippen LogP contribution < -0.4 is 4.89 Å². The van der Waals surface area contributed by atoms with Crippen LogP contribution in [-0.2, 0) is 14.3 Å². The second-order valence-electron chi connectivity index (χ2n) is 2.75. The molecule has 14 heavy (non-hydrogen) atoms. The Kier molecular flexibility index (Phi) is 2.91. The molecule has 2 atom stereocenters. The first kappa shape index (κ1) is 9.77. The summed E-state index contributed by atoms with van der Waals surface area (Å²) < 4.78 is 4.67. The fourth-order valence-electron chi connectivity index (χ4n) is 1.18. The van der Waals surface area contributed by atoms with E-state index in [2.05, 4.69) is 9.41 Å². The van der Waals surface area contributed by atoms with Crippen LogP contribution in [0.5, 0.6) is 0 Å². The molecule has 1 aliphatic rings. The molecule has 4 nitrogen and oxygen atoms in total. The van der Waals surface area contributed by atoms with E-state index in [0.29, 0.717) is 5.48 Å². The van der Waals surface area contributed by atoms with Crippen molar-refractivity contribution in [2.45, 2.75) is 6.10 Å². The summed E-state index contributed by atoms with van der Waals surface area (Å²) in [6.07, 6.45) is -0.361. The van der Waals surface area contributed by atoms with Gasteiger partial charge in [0.05, 0.1) is 7.11 Å². The predicted molar refractivity (Wildman–Crippen MR) is 50.3 cm³/mol. The summed E-state index contributed by atoms with van der Waals surface area (Å²) in [7, 11) is -0.526. The summed E-state index contributed by atoms with van der Waals surface area (Å²) >= 11 is 0. The summed E-state index contributed by atoms with van der Waals surface area (Å²) in [5.74, 6) is 0. The molecule has 0 saturated carbocycles. The lowest BCUT2D eigenvalue weighted by atomic mass is 10.1. The Balaban J connectivity index is 2.23. The minimum absolute atomic E-state index is 0.341. The van der Waals surface area contributed by atoms with E-state index in [0.717, 1.165) is 5.56 Å². The highest BCUT2D eigenvalue weighted by molar-refractivity contribution is 7.46. The first-order valence-electron chi connectivity index (χ1n) is 4.09. The van der Waals surface area contributed by atoms with Crippen molar-refractivity contribution in [1.29, 1.82) is 0 Å². The van der Waals surface area contributed by atoms with Crippen LogP contribution in [0, 0.1) is 0 Å². The van der Waals surface area contributed by atoms with Crippen molar-refractivity contribution in [3.05, 3.63) is 35.9 Å². The molecule has 0 amide bonds. The van der Waals surface area contributed by atoms with E-state index in [1.807, 2.05) is 30.3 Å². The van der Waals surface area contributed by atoms with E-state index in [1.165, 1.54) is 7.11 Å². The minimum Gasteiger partial charge on any atom is -0.601 e. The van der Waals surface area contributed by atoms with Crippen molar-refractivity contribution >= 4 is 13.5 Å². The van der Waals surface area contributed by atoms with Crippen molar-refractivity contribution in [2.75, 3.05) is 7.11 Å². The summed E-state index contributed by atoms with van der Waals surface area (Å²) in [4.78, 5) is 20.8. The molecule has 0 N–H and O–H groups in total. The Morgan fingerprint density at radius 2 is 2.07 bits per heavy atom. The van der Waals surface area contributed by atoms with Crippen LogP contribution >= 0.6 is 8.00 Å². The highest BCUT2D eigenvalue weighted by Crippen LogP contribution is 2.35. The summed E-state index contributed by atoms with van der Waals surface area (Å²) in [5.41, 5.74) is 1.25. The fourth-order valence-corrected chi connectivity index (χ4v) is 1.85. The third-order valence-electron chi connectivity index (χ3n) is 1.90. The molecule has 0 spiro atoms. The van der Waals surface area contributed by atoms with Crippen LogP contribution in [0.4, 0.5) is 0 Å². The first-order chi connectivity index (χ1) is 6.83. The van der Waals surface area contributed by atoms with Gasteiger partial charge in [-0.3, -0.25) is 0 Å². The Labute approximate surface area is 82.5 Å². The molecule has 1 aromatic carbocycles. The lowest BCUT2D eigenvalue weighted by Crippen LogP contribution is -2.31. The largest absolute Gasteiger partial charge is 0.601 e. The second kappa shape index (κ2) is 4.17. The van der Waals surface area contributed by atoms with Crippen molar-refractivity contribution in [1.82, 2.24) is 0 Å². The monoisotopic (exact) mass is 212 g/mol. The maximum Gasteiger partial charge on any atom is 0.321 e. The van der Waals surface area contributed by atoms with Gasteiger partial charge in [-0.25, -0.2) is 4.89 Å². The van der Waals surface area contributed by atoms with Gasteiger partial charge in [0.2, 0.25) is 6.10 Å². The Morgan fingerprint density at radius 3 is 2.57 bits per heavy atom. The van der Waals surface area contributed by atoms with Crippen LogP contribution in [0.25, 0.3) is 0 Å². The van der Waals surface area contributed by atoms with E-state index in [4.69, 9.17) is 4.89 Å². The molecule has 74 valence electrons. The van der Waals surface area contributed by atoms with E-state index < -0.39 is 8.00 Å². The molecule has 1 heterocycles. The first-order valence-corrected chi connectivity index (χ1v) is 5.27. The van der Waals surface area contributed by atoms with Crippen LogP contribution in [0.15, 0.2) is 30.3 Å². The van der Waals surface area contributed by atoms with Gasteiger partial charge in [-0.2, -0.15) is 4.52 Å². The molecule has 1 fully saturated rings. The maximum atomic E-state index is 11.3. The van der Waals surface area contributed by atoms with Crippen molar-refractivity contribution < 1.29 is 19.2 Å². The molecule has 2 rings (SSSR count). The van der Waals surface area contributed by atoms with Gasteiger partial charge in [-0.05, 0) is 5.56 Å². The molecule has 0 aromatic heterocycles. The highest BCUT2D eigenvalue weighted by atomic mass is 31.1. The van der Waals surface area contributed by atoms with Gasteiger partial charge in [-0.1, -0.05) is 30.3 Å². The summed E-state index contributed by atoms with van der Waals surface area (Å²) in [5, 5.41) is 0. The Hall–Kier alpha value is -0.770. The van der Waals surface area contributed by atoms with E-state index in [9.17, 15) is 4.89 Å². The van der Waals surface area contributed by atoms with E-state index in [-0.39, 0.29) is 6.10 Å². The number of rotatable bonds is 2. The smallest absolute Gasteiger partial charge is 0.321 e. The normalized spacial score (nSPS) is 24.3. The Morgan fingerprint density at radius 1 is 1.36 bits per heavy atom. The SMILES string of the molecule is CO[P+]([O-])=C1OOC1c1ccccc1. The fraction of sp³-hybridized carbons (Fsp3) is 0.222. The zero-order valence-corrected chi connectivity index (χ0v) is 8.44. The van der Waals surface area contributed by atoms with Crippen molar-refractivity contribution in [3.63, 3.8) is 0 Å². The third kappa shape index (κ3) is 1.71. The van der Waals surface area contributed by atoms with Gasteiger partial charge >= 0.3 is 5.48 Å². The number of hydrogen-bond acceptors (Lipinski definition) is 4. The summed E-state index contributed by atoms with van der Waals surface area (Å²) in [6, 6.07) is 9.43. The van der Waals surface area contributed by atoms with E-state index in [1.54, 1.807) is 0 Å². The molecule has 5 heteroatoms. The van der Waals surface area contributed by atoms with Crippen LogP contribution in [-0.4, -0.2) is 12.6 Å². The van der Waals surface area contributed by atoms with Crippen LogP contribution in [0.3, 0.4) is 0 Å². The lowest BCUT2D eigenvalue weighted by Gasteiger charge is -2.23. The van der Waals surface area contributed by atoms with Crippen molar-refractivity contribution in [3.8, 4) is 0 Å². The topological polar surface area (TPSA) is 50.8 Å². The zero-order chi connectivity index (χ0) is 9.97. The highest BCUT2D eigenvalue weighted by Gasteiger charge is 2.39. The van der Waals surface area contributed by atoms with Gasteiger partial charge in [0.1, 0.15) is 0 Å². The molecule has 1 saturated heterocycles. The molecule has 2 unspecified atom stereocenters. The lowest BCUT2D eigenvalue weighted by molar-refractivity contribution is -0.312. The van der Waals surface area contributed by atoms with Gasteiger partial charge in [0.25, 0.3) is 8.00 Å². The standard InChI is InChI=1S/C9H9O4P/c1-11-14(10)9-8(12-13-9)7-5-3-2-4-6-7/h2-6,8H,1H3. The van der Waals surface area contributed by atoms with Gasteiger partial charge in [-0.15, -0.1) is 4.89 Å². The average Bonchev–Trinajstić information content (AvgIpc) is 2.17. The maximum absolute atomic E-state index is 11.3. The second-order valence-corrected chi connectivity index (χ2v) is 4.07. The molecule has 0 bridgehead atoms. The predicted octanol–water partition coefficient (Wildman–Crippen LogP) is 1.14. The van der Waals surface area contributed by atoms with Crippen molar-refractivity contribution in [2.24, 2.45) is 0 Å². The summed E-state index contributed by atoms with van der Waals surface area (Å²) in [6.45, 7) is 0.